The van der Waals surface area contributed by atoms with E-state index in [1.54, 1.807) is 12.1 Å². The third kappa shape index (κ3) is 3.24. The highest BCUT2D eigenvalue weighted by Gasteiger charge is 2.34. The topological polar surface area (TPSA) is 20.3 Å². The molecule has 2 nitrogen and oxygen atoms in total. The number of ketones is 1. The van der Waals surface area contributed by atoms with Gasteiger partial charge in [-0.25, -0.2) is 0 Å². The molecule has 0 aliphatic heterocycles. The van der Waals surface area contributed by atoms with Crippen LogP contribution in [-0.2, 0) is 6.18 Å². The molecular weight excluding hydrogens is 279 g/mol. The number of alkyl halides is 3. The lowest BCUT2D eigenvalue weighted by Crippen LogP contribution is -2.14. The Morgan fingerprint density at radius 1 is 0.952 bits per heavy atom. The average Bonchev–Trinajstić information content (AvgIpc) is 2.45. The fraction of sp³-hybridized carbons (Fsp3) is 0.188. The van der Waals surface area contributed by atoms with Crippen LogP contribution in [0.2, 0.25) is 0 Å². The number of rotatable bonds is 3. The third-order valence-corrected chi connectivity index (χ3v) is 3.12. The molecule has 5 heteroatoms. The van der Waals surface area contributed by atoms with Crippen LogP contribution in [0.4, 0.5) is 18.9 Å². The minimum atomic E-state index is -4.55. The second-order valence-electron chi connectivity index (χ2n) is 4.81. The minimum Gasteiger partial charge on any atom is -0.378 e. The van der Waals surface area contributed by atoms with E-state index in [9.17, 15) is 18.0 Å². The van der Waals surface area contributed by atoms with Gasteiger partial charge >= 0.3 is 6.18 Å². The van der Waals surface area contributed by atoms with Crippen LogP contribution in [-0.4, -0.2) is 19.9 Å². The Labute approximate surface area is 120 Å². The van der Waals surface area contributed by atoms with Crippen molar-refractivity contribution in [2.45, 2.75) is 6.18 Å². The molecular formula is C16H14F3NO. The number of hydrogen-bond donors (Lipinski definition) is 0. The molecule has 0 aliphatic rings. The van der Waals surface area contributed by atoms with Gasteiger partial charge < -0.3 is 4.90 Å². The summed E-state index contributed by atoms with van der Waals surface area (Å²) in [6.45, 7) is 0. The quantitative estimate of drug-likeness (QED) is 0.797. The van der Waals surface area contributed by atoms with Gasteiger partial charge in [0.1, 0.15) is 0 Å². The average molecular weight is 293 g/mol. The van der Waals surface area contributed by atoms with Crippen LogP contribution in [0.1, 0.15) is 21.5 Å². The number of halogens is 3. The predicted octanol–water partition coefficient (Wildman–Crippen LogP) is 4.00. The van der Waals surface area contributed by atoms with Crippen molar-refractivity contribution in [1.29, 1.82) is 0 Å². The van der Waals surface area contributed by atoms with Crippen molar-refractivity contribution >= 4 is 11.5 Å². The highest BCUT2D eigenvalue weighted by atomic mass is 19.4. The molecule has 0 amide bonds. The largest absolute Gasteiger partial charge is 0.417 e. The van der Waals surface area contributed by atoms with Crippen molar-refractivity contribution in [2.24, 2.45) is 0 Å². The zero-order valence-corrected chi connectivity index (χ0v) is 11.6. The molecule has 110 valence electrons. The van der Waals surface area contributed by atoms with Crippen molar-refractivity contribution < 1.29 is 18.0 Å². The molecule has 0 spiro atoms. The van der Waals surface area contributed by atoms with Gasteiger partial charge in [-0.05, 0) is 30.3 Å². The molecule has 0 atom stereocenters. The SMILES string of the molecule is CN(C)c1ccc(C(=O)c2ccccc2C(F)(F)F)cc1. The maximum absolute atomic E-state index is 12.9. The van der Waals surface area contributed by atoms with Gasteiger partial charge in [0.25, 0.3) is 0 Å². The van der Waals surface area contributed by atoms with E-state index in [4.69, 9.17) is 0 Å². The third-order valence-electron chi connectivity index (χ3n) is 3.12. The predicted molar refractivity (Wildman–Crippen MR) is 75.6 cm³/mol. The van der Waals surface area contributed by atoms with Crippen LogP contribution >= 0.6 is 0 Å². The van der Waals surface area contributed by atoms with Crippen molar-refractivity contribution in [3.8, 4) is 0 Å². The smallest absolute Gasteiger partial charge is 0.378 e. The Bertz CT molecular complexity index is 645. The van der Waals surface area contributed by atoms with Gasteiger partial charge in [0, 0.05) is 30.9 Å². The number of carbonyl (C=O) groups excluding carboxylic acids is 1. The molecule has 0 saturated heterocycles. The highest BCUT2D eigenvalue weighted by Crippen LogP contribution is 2.32. The molecule has 0 bridgehead atoms. The summed E-state index contributed by atoms with van der Waals surface area (Å²) in [5, 5.41) is 0. The lowest BCUT2D eigenvalue weighted by atomic mass is 9.98. The minimum absolute atomic E-state index is 0.234. The molecule has 2 aromatic rings. The van der Waals surface area contributed by atoms with Crippen LogP contribution in [0.3, 0.4) is 0 Å². The highest BCUT2D eigenvalue weighted by molar-refractivity contribution is 6.10. The van der Waals surface area contributed by atoms with E-state index in [2.05, 4.69) is 0 Å². The first-order chi connectivity index (χ1) is 9.80. The van der Waals surface area contributed by atoms with E-state index in [0.717, 1.165) is 11.8 Å². The number of carbonyl (C=O) groups is 1. The standard InChI is InChI=1S/C16H14F3NO/c1-20(2)12-9-7-11(8-10-12)15(21)13-5-3-4-6-14(13)16(17,18)19/h3-10H,1-2H3. The van der Waals surface area contributed by atoms with Gasteiger partial charge in [-0.15, -0.1) is 0 Å². The normalized spacial score (nSPS) is 11.3. The Balaban J connectivity index is 2.41. The van der Waals surface area contributed by atoms with Crippen LogP contribution in [0.5, 0.6) is 0 Å². The summed E-state index contributed by atoms with van der Waals surface area (Å²) in [7, 11) is 3.69. The van der Waals surface area contributed by atoms with E-state index >= 15 is 0 Å². The summed E-state index contributed by atoms with van der Waals surface area (Å²) in [5.41, 5.74) is -0.137. The molecule has 0 fully saturated rings. The second-order valence-corrected chi connectivity index (χ2v) is 4.81. The van der Waals surface area contributed by atoms with Crippen LogP contribution in [0.25, 0.3) is 0 Å². The first kappa shape index (κ1) is 15.1. The van der Waals surface area contributed by atoms with E-state index in [1.165, 1.54) is 30.3 Å². The van der Waals surface area contributed by atoms with Gasteiger partial charge in [-0.2, -0.15) is 13.2 Å². The maximum Gasteiger partial charge on any atom is 0.417 e. The molecule has 21 heavy (non-hydrogen) atoms. The Morgan fingerprint density at radius 3 is 2.05 bits per heavy atom. The molecule has 0 saturated carbocycles. The summed E-state index contributed by atoms with van der Waals surface area (Å²) >= 11 is 0. The van der Waals surface area contributed by atoms with Gasteiger partial charge in [-0.1, -0.05) is 18.2 Å². The zero-order valence-electron chi connectivity index (χ0n) is 11.6. The Morgan fingerprint density at radius 2 is 1.52 bits per heavy atom. The monoisotopic (exact) mass is 293 g/mol. The van der Waals surface area contributed by atoms with Crippen LogP contribution < -0.4 is 4.90 Å². The van der Waals surface area contributed by atoms with Crippen molar-refractivity contribution in [2.75, 3.05) is 19.0 Å². The molecule has 0 N–H and O–H groups in total. The number of nitrogens with zero attached hydrogens (tertiary/aromatic N) is 1. The van der Waals surface area contributed by atoms with E-state index in [-0.39, 0.29) is 11.1 Å². The van der Waals surface area contributed by atoms with Crippen LogP contribution in [0.15, 0.2) is 48.5 Å². The summed E-state index contributed by atoms with van der Waals surface area (Å²) in [5.74, 6) is -0.631. The van der Waals surface area contributed by atoms with E-state index in [1.807, 2.05) is 19.0 Å². The molecule has 2 aromatic carbocycles. The molecule has 0 aliphatic carbocycles. The fourth-order valence-electron chi connectivity index (χ4n) is 1.99. The Hall–Kier alpha value is -2.30. The van der Waals surface area contributed by atoms with Gasteiger partial charge in [0.05, 0.1) is 5.56 Å². The summed E-state index contributed by atoms with van der Waals surface area (Å²) in [6, 6.07) is 11.3. The molecule has 0 aromatic heterocycles. The number of anilines is 1. The first-order valence-electron chi connectivity index (χ1n) is 6.29. The molecule has 0 heterocycles. The van der Waals surface area contributed by atoms with Crippen molar-refractivity contribution in [3.63, 3.8) is 0 Å². The van der Waals surface area contributed by atoms with E-state index < -0.39 is 17.5 Å². The molecule has 0 unspecified atom stereocenters. The summed E-state index contributed by atoms with van der Waals surface area (Å²) in [6.07, 6.45) is -4.55. The first-order valence-corrected chi connectivity index (χ1v) is 6.29. The van der Waals surface area contributed by atoms with Crippen molar-refractivity contribution in [3.05, 3.63) is 65.2 Å². The fourth-order valence-corrected chi connectivity index (χ4v) is 1.99. The lowest BCUT2D eigenvalue weighted by Gasteiger charge is -2.14. The molecule has 2 rings (SSSR count). The van der Waals surface area contributed by atoms with Crippen LogP contribution in [0, 0.1) is 0 Å². The number of hydrogen-bond acceptors (Lipinski definition) is 2. The van der Waals surface area contributed by atoms with Crippen molar-refractivity contribution in [1.82, 2.24) is 0 Å². The van der Waals surface area contributed by atoms with Gasteiger partial charge in [0.2, 0.25) is 0 Å². The van der Waals surface area contributed by atoms with Gasteiger partial charge in [-0.3, -0.25) is 4.79 Å². The summed E-state index contributed by atoms with van der Waals surface area (Å²) < 4.78 is 38.8. The second kappa shape index (κ2) is 5.60. The molecule has 0 radical (unpaired) electrons. The number of benzene rings is 2. The zero-order chi connectivity index (χ0) is 15.6. The van der Waals surface area contributed by atoms with Gasteiger partial charge in [0.15, 0.2) is 5.78 Å². The Kier molecular flexibility index (Phi) is 4.02. The lowest BCUT2D eigenvalue weighted by molar-refractivity contribution is -0.137. The maximum atomic E-state index is 12.9. The summed E-state index contributed by atoms with van der Waals surface area (Å²) in [4.78, 5) is 14.1. The van der Waals surface area contributed by atoms with E-state index in [0.29, 0.717) is 0 Å².